The lowest BCUT2D eigenvalue weighted by Gasteiger charge is -2.27. The second-order valence-electron chi connectivity index (χ2n) is 6.42. The average molecular weight is 353 g/mol. The number of hydrogen-bond donors (Lipinski definition) is 1. The molecule has 3 nitrogen and oxygen atoms in total. The summed E-state index contributed by atoms with van der Waals surface area (Å²) in [5.41, 5.74) is 3.11. The number of fused-ring (bicyclic) bond motifs is 2. The zero-order valence-corrected chi connectivity index (χ0v) is 15.0. The molecule has 0 fully saturated rings. The van der Waals surface area contributed by atoms with Crippen LogP contribution in [0.25, 0.3) is 16.8 Å². The monoisotopic (exact) mass is 353 g/mol. The maximum atomic E-state index is 11.9. The van der Waals surface area contributed by atoms with Crippen LogP contribution < -0.4 is 5.32 Å². The molecule has 3 aromatic rings. The normalized spacial score (nSPS) is 17.5. The average Bonchev–Trinajstić information content (AvgIpc) is 2.73. The van der Waals surface area contributed by atoms with E-state index in [4.69, 9.17) is 4.74 Å². The molecule has 3 aromatic carbocycles. The van der Waals surface area contributed by atoms with Crippen molar-refractivity contribution in [2.75, 3.05) is 7.11 Å². The molecule has 1 amide bonds. The van der Waals surface area contributed by atoms with Gasteiger partial charge in [-0.05, 0) is 28.0 Å². The molecule has 0 saturated heterocycles. The minimum absolute atomic E-state index is 0.141. The molecule has 3 heteroatoms. The first kappa shape index (κ1) is 16.9. The smallest absolute Gasteiger partial charge is 0.407 e. The lowest BCUT2D eigenvalue weighted by molar-refractivity contribution is 0.165. The molecule has 0 radical (unpaired) electrons. The van der Waals surface area contributed by atoms with Crippen LogP contribution in [0.2, 0.25) is 0 Å². The molecule has 0 bridgehead atoms. The lowest BCUT2D eigenvalue weighted by atomic mass is 9.85. The van der Waals surface area contributed by atoms with E-state index >= 15 is 0 Å². The van der Waals surface area contributed by atoms with Crippen LogP contribution in [-0.2, 0) is 4.74 Å². The van der Waals surface area contributed by atoms with E-state index in [-0.39, 0.29) is 12.0 Å². The summed E-state index contributed by atoms with van der Waals surface area (Å²) in [4.78, 5) is 11.9. The van der Waals surface area contributed by atoms with Gasteiger partial charge in [-0.15, -0.1) is 0 Å². The predicted molar refractivity (Wildman–Crippen MR) is 108 cm³/mol. The first-order valence-corrected chi connectivity index (χ1v) is 8.87. The highest BCUT2D eigenvalue weighted by atomic mass is 16.5. The SMILES string of the molecule is COC(=O)N[C@@H]1c2ccccc2C=C[C@@H]1C#Cc1cccc2ccccc12. The Balaban J connectivity index is 1.72. The van der Waals surface area contributed by atoms with Crippen molar-refractivity contribution in [3.63, 3.8) is 0 Å². The number of amides is 1. The Hall–Kier alpha value is -3.51. The van der Waals surface area contributed by atoms with Crippen molar-refractivity contribution in [3.8, 4) is 11.8 Å². The van der Waals surface area contributed by atoms with Crippen LogP contribution in [0.15, 0.2) is 72.8 Å². The van der Waals surface area contributed by atoms with E-state index < -0.39 is 6.09 Å². The van der Waals surface area contributed by atoms with Gasteiger partial charge in [0.15, 0.2) is 0 Å². The largest absolute Gasteiger partial charge is 0.453 e. The van der Waals surface area contributed by atoms with Gasteiger partial charge < -0.3 is 10.1 Å². The summed E-state index contributed by atoms with van der Waals surface area (Å²) in [6, 6.07) is 22.1. The quantitative estimate of drug-likeness (QED) is 0.630. The topological polar surface area (TPSA) is 38.3 Å². The molecule has 0 aliphatic heterocycles. The Morgan fingerprint density at radius 2 is 1.78 bits per heavy atom. The van der Waals surface area contributed by atoms with E-state index in [1.807, 2.05) is 54.6 Å². The van der Waals surface area contributed by atoms with Crippen LogP contribution >= 0.6 is 0 Å². The van der Waals surface area contributed by atoms with Gasteiger partial charge >= 0.3 is 6.09 Å². The van der Waals surface area contributed by atoms with E-state index in [0.29, 0.717) is 0 Å². The highest BCUT2D eigenvalue weighted by molar-refractivity contribution is 5.88. The van der Waals surface area contributed by atoms with Crippen molar-refractivity contribution in [3.05, 3.63) is 89.5 Å². The van der Waals surface area contributed by atoms with E-state index in [2.05, 4.69) is 41.4 Å². The minimum atomic E-state index is -0.456. The number of nitrogens with one attached hydrogen (secondary N) is 1. The van der Waals surface area contributed by atoms with Crippen molar-refractivity contribution in [1.82, 2.24) is 5.32 Å². The van der Waals surface area contributed by atoms with Crippen molar-refractivity contribution >= 4 is 22.9 Å². The van der Waals surface area contributed by atoms with E-state index in [1.165, 1.54) is 7.11 Å². The number of benzene rings is 3. The van der Waals surface area contributed by atoms with Gasteiger partial charge in [0.2, 0.25) is 0 Å². The van der Waals surface area contributed by atoms with Crippen molar-refractivity contribution in [2.24, 2.45) is 5.92 Å². The Bertz CT molecular complexity index is 1080. The molecule has 0 spiro atoms. The maximum absolute atomic E-state index is 11.9. The predicted octanol–water partition coefficient (Wildman–Crippen LogP) is 4.93. The Morgan fingerprint density at radius 1 is 1.00 bits per heavy atom. The van der Waals surface area contributed by atoms with Crippen molar-refractivity contribution in [1.29, 1.82) is 0 Å². The molecular weight excluding hydrogens is 334 g/mol. The summed E-state index contributed by atoms with van der Waals surface area (Å²) in [5.74, 6) is 6.52. The maximum Gasteiger partial charge on any atom is 0.407 e. The summed E-state index contributed by atoms with van der Waals surface area (Å²) in [5, 5.41) is 5.23. The van der Waals surface area contributed by atoms with Crippen LogP contribution in [-0.4, -0.2) is 13.2 Å². The van der Waals surface area contributed by atoms with Crippen LogP contribution in [0.1, 0.15) is 22.7 Å². The molecule has 1 N–H and O–H groups in total. The molecule has 2 atom stereocenters. The number of hydrogen-bond acceptors (Lipinski definition) is 2. The molecule has 1 aliphatic rings. The highest BCUT2D eigenvalue weighted by Crippen LogP contribution is 2.32. The number of alkyl carbamates (subject to hydrolysis) is 1. The van der Waals surface area contributed by atoms with Crippen LogP contribution in [0.3, 0.4) is 0 Å². The van der Waals surface area contributed by atoms with Gasteiger partial charge in [0.25, 0.3) is 0 Å². The van der Waals surface area contributed by atoms with Gasteiger partial charge in [0, 0.05) is 5.56 Å². The number of carbonyl (C=O) groups is 1. The summed E-state index contributed by atoms with van der Waals surface area (Å²) in [6.45, 7) is 0. The molecule has 132 valence electrons. The molecule has 27 heavy (non-hydrogen) atoms. The second kappa shape index (κ2) is 7.39. The van der Waals surface area contributed by atoms with E-state index in [0.717, 1.165) is 27.5 Å². The summed E-state index contributed by atoms with van der Waals surface area (Å²) < 4.78 is 4.81. The summed E-state index contributed by atoms with van der Waals surface area (Å²) in [7, 11) is 1.37. The molecule has 0 saturated carbocycles. The number of ether oxygens (including phenoxy) is 1. The third-order valence-electron chi connectivity index (χ3n) is 4.80. The third-order valence-corrected chi connectivity index (χ3v) is 4.80. The van der Waals surface area contributed by atoms with Crippen LogP contribution in [0.4, 0.5) is 4.79 Å². The first-order valence-electron chi connectivity index (χ1n) is 8.87. The van der Waals surface area contributed by atoms with Crippen LogP contribution in [0, 0.1) is 17.8 Å². The number of methoxy groups -OCH3 is 1. The van der Waals surface area contributed by atoms with Gasteiger partial charge in [-0.25, -0.2) is 4.79 Å². The molecular formula is C24H19NO2. The minimum Gasteiger partial charge on any atom is -0.453 e. The van der Waals surface area contributed by atoms with Gasteiger partial charge in [0.05, 0.1) is 19.1 Å². The highest BCUT2D eigenvalue weighted by Gasteiger charge is 2.26. The van der Waals surface area contributed by atoms with Gasteiger partial charge in [-0.2, -0.15) is 0 Å². The number of carbonyl (C=O) groups excluding carboxylic acids is 1. The Labute approximate surface area is 158 Å². The third kappa shape index (κ3) is 3.43. The molecule has 1 aliphatic carbocycles. The van der Waals surface area contributed by atoms with Gasteiger partial charge in [-0.3, -0.25) is 0 Å². The second-order valence-corrected chi connectivity index (χ2v) is 6.42. The fourth-order valence-corrected chi connectivity index (χ4v) is 3.44. The lowest BCUT2D eigenvalue weighted by Crippen LogP contribution is -2.34. The zero-order valence-electron chi connectivity index (χ0n) is 15.0. The fraction of sp³-hybridized carbons (Fsp3) is 0.125. The number of rotatable bonds is 1. The zero-order chi connectivity index (χ0) is 18.6. The molecule has 0 unspecified atom stereocenters. The first-order chi connectivity index (χ1) is 13.3. The van der Waals surface area contributed by atoms with Gasteiger partial charge in [0.1, 0.15) is 0 Å². The fourth-order valence-electron chi connectivity index (χ4n) is 3.44. The Morgan fingerprint density at radius 3 is 2.67 bits per heavy atom. The molecule has 0 heterocycles. The van der Waals surface area contributed by atoms with Crippen molar-refractivity contribution < 1.29 is 9.53 Å². The van der Waals surface area contributed by atoms with Crippen molar-refractivity contribution in [2.45, 2.75) is 6.04 Å². The Kier molecular flexibility index (Phi) is 4.63. The summed E-state index contributed by atoms with van der Waals surface area (Å²) >= 11 is 0. The summed E-state index contributed by atoms with van der Waals surface area (Å²) in [6.07, 6.45) is 3.65. The van der Waals surface area contributed by atoms with Crippen LogP contribution in [0.5, 0.6) is 0 Å². The molecule has 4 rings (SSSR count). The van der Waals surface area contributed by atoms with E-state index in [9.17, 15) is 4.79 Å². The standard InChI is InChI=1S/C24H19NO2/c1-27-24(26)25-23-20(16-14-19-8-3-5-12-22(19)23)15-13-18-10-6-9-17-7-2-4-11-21(17)18/h2-12,14,16,20,23H,1H3,(H,25,26)/t20-,23-/m0/s1. The van der Waals surface area contributed by atoms with Gasteiger partial charge in [-0.1, -0.05) is 84.7 Å². The molecule has 0 aromatic heterocycles. The van der Waals surface area contributed by atoms with E-state index in [1.54, 1.807) is 0 Å².